The number of hydrogen-bond donors (Lipinski definition) is 1. The average Bonchev–Trinajstić information content (AvgIpc) is 3.04. The Bertz CT molecular complexity index is 349. The van der Waals surface area contributed by atoms with Gasteiger partial charge in [-0.25, -0.2) is 4.39 Å². The van der Waals surface area contributed by atoms with E-state index in [0.29, 0.717) is 18.2 Å². The van der Waals surface area contributed by atoms with Crippen LogP contribution in [0.1, 0.15) is 25.3 Å². The second-order valence-corrected chi connectivity index (χ2v) is 4.13. The van der Waals surface area contributed by atoms with E-state index in [1.54, 1.807) is 12.1 Å². The van der Waals surface area contributed by atoms with Crippen LogP contribution < -0.4 is 10.5 Å². The Hall–Kier alpha value is -1.09. The highest BCUT2D eigenvalue weighted by Gasteiger charge is 2.29. The van der Waals surface area contributed by atoms with Crippen LogP contribution in [0.5, 0.6) is 5.75 Å². The quantitative estimate of drug-likeness (QED) is 0.826. The van der Waals surface area contributed by atoms with Gasteiger partial charge in [0.1, 0.15) is 0 Å². The molecule has 15 heavy (non-hydrogen) atoms. The van der Waals surface area contributed by atoms with Crippen molar-refractivity contribution in [2.24, 2.45) is 11.7 Å². The molecule has 1 saturated carbocycles. The summed E-state index contributed by atoms with van der Waals surface area (Å²) in [7, 11) is 0. The molecule has 1 aliphatic rings. The van der Waals surface area contributed by atoms with E-state index in [9.17, 15) is 4.39 Å². The van der Waals surface area contributed by atoms with E-state index < -0.39 is 0 Å². The summed E-state index contributed by atoms with van der Waals surface area (Å²) >= 11 is 0. The van der Waals surface area contributed by atoms with Gasteiger partial charge in [-0.15, -0.1) is 0 Å². The maximum atomic E-state index is 13.4. The van der Waals surface area contributed by atoms with Gasteiger partial charge in [0.05, 0.1) is 6.10 Å². The summed E-state index contributed by atoms with van der Waals surface area (Å²) in [5, 5.41) is 0. The summed E-state index contributed by atoms with van der Waals surface area (Å²) in [6.07, 6.45) is 2.49. The first-order chi connectivity index (χ1) is 7.20. The molecule has 0 aromatic heterocycles. The fourth-order valence-electron chi connectivity index (χ4n) is 1.63. The molecular weight excluding hydrogens is 193 g/mol. The Morgan fingerprint density at radius 1 is 1.53 bits per heavy atom. The summed E-state index contributed by atoms with van der Waals surface area (Å²) < 4.78 is 19.0. The molecule has 0 saturated heterocycles. The van der Waals surface area contributed by atoms with Gasteiger partial charge < -0.3 is 10.5 Å². The minimum Gasteiger partial charge on any atom is -0.487 e. The molecule has 2 rings (SSSR count). The lowest BCUT2D eigenvalue weighted by Crippen LogP contribution is -2.15. The molecule has 0 unspecified atom stereocenters. The summed E-state index contributed by atoms with van der Waals surface area (Å²) in [5.74, 6) is 0.628. The fraction of sp³-hybridized carbons (Fsp3) is 0.500. The number of benzene rings is 1. The third kappa shape index (κ3) is 2.48. The molecule has 1 aliphatic carbocycles. The topological polar surface area (TPSA) is 35.2 Å². The van der Waals surface area contributed by atoms with Gasteiger partial charge in [0.25, 0.3) is 0 Å². The SMILES string of the molecule is C[C@H](Oc1cc(CN)ccc1F)C1CC1. The van der Waals surface area contributed by atoms with Crippen molar-refractivity contribution < 1.29 is 9.13 Å². The molecule has 1 aromatic rings. The van der Waals surface area contributed by atoms with E-state index >= 15 is 0 Å². The minimum atomic E-state index is -0.306. The standard InChI is InChI=1S/C12H16FNO/c1-8(10-3-4-10)15-12-6-9(7-14)2-5-11(12)13/h2,5-6,8,10H,3-4,7,14H2,1H3/t8-/m0/s1. The first kappa shape index (κ1) is 10.4. The molecule has 82 valence electrons. The van der Waals surface area contributed by atoms with Gasteiger partial charge in [-0.1, -0.05) is 6.07 Å². The van der Waals surface area contributed by atoms with Crippen LogP contribution in [-0.4, -0.2) is 6.10 Å². The van der Waals surface area contributed by atoms with E-state index in [-0.39, 0.29) is 11.9 Å². The van der Waals surface area contributed by atoms with Gasteiger partial charge in [0.15, 0.2) is 11.6 Å². The van der Waals surface area contributed by atoms with Gasteiger partial charge in [-0.2, -0.15) is 0 Å². The maximum absolute atomic E-state index is 13.4. The maximum Gasteiger partial charge on any atom is 0.165 e. The van der Waals surface area contributed by atoms with Crippen LogP contribution in [0.3, 0.4) is 0 Å². The molecule has 0 heterocycles. The monoisotopic (exact) mass is 209 g/mol. The van der Waals surface area contributed by atoms with Gasteiger partial charge >= 0.3 is 0 Å². The van der Waals surface area contributed by atoms with E-state index in [0.717, 1.165) is 5.56 Å². The second-order valence-electron chi connectivity index (χ2n) is 4.13. The Morgan fingerprint density at radius 2 is 2.27 bits per heavy atom. The van der Waals surface area contributed by atoms with Crippen LogP contribution in [0, 0.1) is 11.7 Å². The molecule has 3 heteroatoms. The lowest BCUT2D eigenvalue weighted by molar-refractivity contribution is 0.189. The fourth-order valence-corrected chi connectivity index (χ4v) is 1.63. The average molecular weight is 209 g/mol. The zero-order chi connectivity index (χ0) is 10.8. The van der Waals surface area contributed by atoms with Crippen molar-refractivity contribution >= 4 is 0 Å². The van der Waals surface area contributed by atoms with E-state index in [1.165, 1.54) is 18.9 Å². The van der Waals surface area contributed by atoms with Gasteiger partial charge in [-0.3, -0.25) is 0 Å². The molecule has 0 amide bonds. The summed E-state index contributed by atoms with van der Waals surface area (Å²) in [6.45, 7) is 2.40. The third-order valence-corrected chi connectivity index (χ3v) is 2.83. The largest absolute Gasteiger partial charge is 0.487 e. The molecule has 0 radical (unpaired) electrons. The van der Waals surface area contributed by atoms with Crippen molar-refractivity contribution in [2.45, 2.75) is 32.4 Å². The van der Waals surface area contributed by atoms with Crippen LogP contribution in [0.25, 0.3) is 0 Å². The van der Waals surface area contributed by atoms with Crippen molar-refractivity contribution in [3.63, 3.8) is 0 Å². The minimum absolute atomic E-state index is 0.104. The first-order valence-electron chi connectivity index (χ1n) is 5.36. The summed E-state index contributed by atoms with van der Waals surface area (Å²) in [6, 6.07) is 4.79. The highest BCUT2D eigenvalue weighted by Crippen LogP contribution is 2.35. The van der Waals surface area contributed by atoms with Crippen molar-refractivity contribution in [1.29, 1.82) is 0 Å². The van der Waals surface area contributed by atoms with E-state index in [4.69, 9.17) is 10.5 Å². The zero-order valence-electron chi connectivity index (χ0n) is 8.87. The lowest BCUT2D eigenvalue weighted by atomic mass is 10.2. The van der Waals surface area contributed by atoms with Crippen molar-refractivity contribution in [1.82, 2.24) is 0 Å². The molecule has 2 N–H and O–H groups in total. The normalized spacial score (nSPS) is 17.5. The molecule has 2 nitrogen and oxygen atoms in total. The predicted octanol–water partition coefficient (Wildman–Crippen LogP) is 2.46. The summed E-state index contributed by atoms with van der Waals surface area (Å²) in [4.78, 5) is 0. The summed E-state index contributed by atoms with van der Waals surface area (Å²) in [5.41, 5.74) is 6.39. The zero-order valence-corrected chi connectivity index (χ0v) is 8.87. The van der Waals surface area contributed by atoms with E-state index in [2.05, 4.69) is 0 Å². The highest BCUT2D eigenvalue weighted by molar-refractivity contribution is 5.30. The van der Waals surface area contributed by atoms with Gasteiger partial charge in [-0.05, 0) is 43.4 Å². The number of ether oxygens (including phenoxy) is 1. The van der Waals surface area contributed by atoms with Crippen LogP contribution in [-0.2, 0) is 6.54 Å². The molecule has 0 aliphatic heterocycles. The van der Waals surface area contributed by atoms with Crippen LogP contribution in [0.15, 0.2) is 18.2 Å². The third-order valence-electron chi connectivity index (χ3n) is 2.83. The predicted molar refractivity (Wildman–Crippen MR) is 57.1 cm³/mol. The van der Waals surface area contributed by atoms with Crippen LogP contribution in [0.2, 0.25) is 0 Å². The van der Waals surface area contributed by atoms with Crippen LogP contribution in [0.4, 0.5) is 4.39 Å². The Balaban J connectivity index is 2.11. The molecule has 0 spiro atoms. The Morgan fingerprint density at radius 3 is 2.87 bits per heavy atom. The molecule has 0 bridgehead atoms. The number of nitrogens with two attached hydrogens (primary N) is 1. The van der Waals surface area contributed by atoms with Crippen molar-refractivity contribution in [2.75, 3.05) is 0 Å². The lowest BCUT2D eigenvalue weighted by Gasteiger charge is -2.15. The first-order valence-corrected chi connectivity index (χ1v) is 5.36. The van der Waals surface area contributed by atoms with Crippen molar-refractivity contribution in [3.8, 4) is 5.75 Å². The van der Waals surface area contributed by atoms with Crippen molar-refractivity contribution in [3.05, 3.63) is 29.6 Å². The highest BCUT2D eigenvalue weighted by atomic mass is 19.1. The molecule has 1 aromatic carbocycles. The number of rotatable bonds is 4. The van der Waals surface area contributed by atoms with Gasteiger partial charge in [0.2, 0.25) is 0 Å². The Labute approximate surface area is 89.2 Å². The number of halogens is 1. The molecule has 1 fully saturated rings. The Kier molecular flexibility index (Phi) is 2.91. The number of hydrogen-bond acceptors (Lipinski definition) is 2. The smallest absolute Gasteiger partial charge is 0.165 e. The van der Waals surface area contributed by atoms with Gasteiger partial charge in [0, 0.05) is 6.54 Å². The molecular formula is C12H16FNO. The second kappa shape index (κ2) is 4.19. The van der Waals surface area contributed by atoms with Crippen LogP contribution >= 0.6 is 0 Å². The van der Waals surface area contributed by atoms with E-state index in [1.807, 2.05) is 6.92 Å². The molecule has 1 atom stereocenters.